The van der Waals surface area contributed by atoms with Gasteiger partial charge in [-0.25, -0.2) is 4.79 Å². The molecular weight excluding hydrogens is 246 g/mol. The Morgan fingerprint density at radius 2 is 2.00 bits per heavy atom. The first kappa shape index (κ1) is 15.3. The molecule has 0 aromatic heterocycles. The molecular formula is C14H21NO4. The fraction of sp³-hybridized carbons (Fsp3) is 0.500. The molecule has 0 fully saturated rings. The Bertz CT molecular complexity index is 432. The third-order valence-corrected chi connectivity index (χ3v) is 2.49. The van der Waals surface area contributed by atoms with E-state index in [0.29, 0.717) is 36.8 Å². The lowest BCUT2D eigenvalue weighted by Crippen LogP contribution is -2.12. The molecule has 106 valence electrons. The molecule has 0 aliphatic rings. The average Bonchev–Trinajstić information content (AvgIpc) is 2.39. The van der Waals surface area contributed by atoms with Gasteiger partial charge < -0.3 is 19.9 Å². The quantitative estimate of drug-likeness (QED) is 0.466. The summed E-state index contributed by atoms with van der Waals surface area (Å²) in [6.07, 6.45) is 0.772. The fourth-order valence-electron chi connectivity index (χ4n) is 1.56. The van der Waals surface area contributed by atoms with Crippen molar-refractivity contribution in [2.45, 2.75) is 20.3 Å². The summed E-state index contributed by atoms with van der Waals surface area (Å²) in [5.74, 6) is 0.0696. The van der Waals surface area contributed by atoms with Crippen LogP contribution in [-0.2, 0) is 9.47 Å². The number of aryl methyl sites for hydroxylation is 1. The van der Waals surface area contributed by atoms with E-state index in [-0.39, 0.29) is 0 Å². The summed E-state index contributed by atoms with van der Waals surface area (Å²) in [5.41, 5.74) is 7.49. The van der Waals surface area contributed by atoms with Crippen LogP contribution in [0.25, 0.3) is 0 Å². The minimum Gasteiger partial charge on any atom is -0.489 e. The molecule has 0 saturated heterocycles. The number of methoxy groups -OCH3 is 1. The number of rotatable bonds is 7. The number of benzene rings is 1. The molecule has 1 aromatic carbocycles. The first-order valence-electron chi connectivity index (χ1n) is 6.29. The van der Waals surface area contributed by atoms with E-state index in [1.165, 1.54) is 0 Å². The molecule has 5 heteroatoms. The van der Waals surface area contributed by atoms with Gasteiger partial charge >= 0.3 is 5.97 Å². The van der Waals surface area contributed by atoms with Gasteiger partial charge in [-0.05, 0) is 31.0 Å². The van der Waals surface area contributed by atoms with Gasteiger partial charge in [-0.15, -0.1) is 0 Å². The Hall–Kier alpha value is -1.75. The van der Waals surface area contributed by atoms with Gasteiger partial charge in [0, 0.05) is 7.11 Å². The van der Waals surface area contributed by atoms with Gasteiger partial charge in [0.2, 0.25) is 0 Å². The molecule has 1 aromatic rings. The molecule has 0 bridgehead atoms. The van der Waals surface area contributed by atoms with Gasteiger partial charge in [0.05, 0.1) is 24.5 Å². The van der Waals surface area contributed by atoms with Crippen molar-refractivity contribution in [1.82, 2.24) is 0 Å². The van der Waals surface area contributed by atoms with Crippen LogP contribution in [0.3, 0.4) is 0 Å². The first-order chi connectivity index (χ1) is 9.10. The molecule has 0 saturated carbocycles. The summed E-state index contributed by atoms with van der Waals surface area (Å²) < 4.78 is 15.5. The molecule has 2 N–H and O–H groups in total. The normalized spacial score (nSPS) is 10.3. The molecule has 0 atom stereocenters. The van der Waals surface area contributed by atoms with Gasteiger partial charge in [0.25, 0.3) is 0 Å². The van der Waals surface area contributed by atoms with Gasteiger partial charge in [-0.3, -0.25) is 0 Å². The van der Waals surface area contributed by atoms with E-state index in [1.807, 2.05) is 13.8 Å². The number of carbonyl (C=O) groups is 1. The standard InChI is InChI=1S/C14H21NO4/c1-4-5-19-14(16)11-8-10(2)9-12(13(11)15)18-7-6-17-3/h8-9H,4-7,15H2,1-3H3. The Balaban J connectivity index is 2.89. The van der Waals surface area contributed by atoms with Crippen LogP contribution < -0.4 is 10.5 Å². The van der Waals surface area contributed by atoms with Gasteiger partial charge in [-0.2, -0.15) is 0 Å². The number of carbonyl (C=O) groups excluding carboxylic acids is 1. The number of anilines is 1. The zero-order chi connectivity index (χ0) is 14.3. The van der Waals surface area contributed by atoms with Gasteiger partial charge in [-0.1, -0.05) is 6.92 Å². The van der Waals surface area contributed by atoms with Crippen molar-refractivity contribution >= 4 is 11.7 Å². The van der Waals surface area contributed by atoms with Crippen LogP contribution in [0.2, 0.25) is 0 Å². The van der Waals surface area contributed by atoms with Crippen LogP contribution in [0.1, 0.15) is 29.3 Å². The lowest BCUT2D eigenvalue weighted by Gasteiger charge is -2.13. The zero-order valence-corrected chi connectivity index (χ0v) is 11.7. The van der Waals surface area contributed by atoms with E-state index in [1.54, 1.807) is 19.2 Å². The highest BCUT2D eigenvalue weighted by Crippen LogP contribution is 2.28. The van der Waals surface area contributed by atoms with Crippen LogP contribution in [-0.4, -0.2) is 32.9 Å². The molecule has 0 aliphatic heterocycles. The number of ether oxygens (including phenoxy) is 3. The third kappa shape index (κ3) is 4.44. The number of nitrogens with two attached hydrogens (primary N) is 1. The first-order valence-corrected chi connectivity index (χ1v) is 6.29. The van der Waals surface area contributed by atoms with Crippen molar-refractivity contribution in [1.29, 1.82) is 0 Å². The van der Waals surface area contributed by atoms with Crippen molar-refractivity contribution in [3.63, 3.8) is 0 Å². The summed E-state index contributed by atoms with van der Waals surface area (Å²) in [5, 5.41) is 0. The number of nitrogen functional groups attached to an aromatic ring is 1. The monoisotopic (exact) mass is 267 g/mol. The van der Waals surface area contributed by atoms with Crippen molar-refractivity contribution in [2.24, 2.45) is 0 Å². The predicted octanol–water partition coefficient (Wildman–Crippen LogP) is 2.17. The summed E-state index contributed by atoms with van der Waals surface area (Å²) in [4.78, 5) is 11.9. The fourth-order valence-corrected chi connectivity index (χ4v) is 1.56. The van der Waals surface area contributed by atoms with E-state index in [4.69, 9.17) is 19.9 Å². The predicted molar refractivity (Wildman–Crippen MR) is 73.5 cm³/mol. The van der Waals surface area contributed by atoms with E-state index in [2.05, 4.69) is 0 Å². The largest absolute Gasteiger partial charge is 0.489 e. The molecule has 0 heterocycles. The summed E-state index contributed by atoms with van der Waals surface area (Å²) in [6, 6.07) is 3.50. The van der Waals surface area contributed by atoms with Crippen LogP contribution in [0.5, 0.6) is 5.75 Å². The molecule has 0 amide bonds. The van der Waals surface area contributed by atoms with Gasteiger partial charge in [0.15, 0.2) is 0 Å². The maximum Gasteiger partial charge on any atom is 0.340 e. The van der Waals surface area contributed by atoms with E-state index < -0.39 is 5.97 Å². The summed E-state index contributed by atoms with van der Waals surface area (Å²) in [7, 11) is 1.59. The smallest absolute Gasteiger partial charge is 0.340 e. The Morgan fingerprint density at radius 1 is 1.26 bits per heavy atom. The number of hydrogen-bond acceptors (Lipinski definition) is 5. The Kier molecular flexibility index (Phi) is 6.15. The van der Waals surface area contributed by atoms with E-state index in [0.717, 1.165) is 12.0 Å². The average molecular weight is 267 g/mol. The van der Waals surface area contributed by atoms with Crippen LogP contribution in [0.15, 0.2) is 12.1 Å². The van der Waals surface area contributed by atoms with Crippen LogP contribution >= 0.6 is 0 Å². The molecule has 0 aliphatic carbocycles. The Labute approximate surface area is 113 Å². The molecule has 1 rings (SSSR count). The minimum absolute atomic E-state index is 0.308. The van der Waals surface area contributed by atoms with Crippen molar-refractivity contribution in [3.8, 4) is 5.75 Å². The second kappa shape index (κ2) is 7.63. The van der Waals surface area contributed by atoms with E-state index in [9.17, 15) is 4.79 Å². The molecule has 0 spiro atoms. The highest BCUT2D eigenvalue weighted by molar-refractivity contribution is 5.96. The Morgan fingerprint density at radius 3 is 2.63 bits per heavy atom. The van der Waals surface area contributed by atoms with Crippen LogP contribution in [0.4, 0.5) is 5.69 Å². The van der Waals surface area contributed by atoms with E-state index >= 15 is 0 Å². The maximum atomic E-state index is 11.9. The SMILES string of the molecule is CCCOC(=O)c1cc(C)cc(OCCOC)c1N. The van der Waals surface area contributed by atoms with Crippen molar-refractivity contribution in [2.75, 3.05) is 32.7 Å². The molecule has 5 nitrogen and oxygen atoms in total. The lowest BCUT2D eigenvalue weighted by molar-refractivity contribution is 0.0505. The second-order valence-electron chi connectivity index (χ2n) is 4.20. The minimum atomic E-state index is -0.417. The summed E-state index contributed by atoms with van der Waals surface area (Å²) >= 11 is 0. The zero-order valence-electron chi connectivity index (χ0n) is 11.7. The topological polar surface area (TPSA) is 70.8 Å². The number of hydrogen-bond donors (Lipinski definition) is 1. The lowest BCUT2D eigenvalue weighted by atomic mass is 10.1. The second-order valence-corrected chi connectivity index (χ2v) is 4.20. The molecule has 0 unspecified atom stereocenters. The van der Waals surface area contributed by atoms with Gasteiger partial charge in [0.1, 0.15) is 12.4 Å². The molecule has 19 heavy (non-hydrogen) atoms. The van der Waals surface area contributed by atoms with Crippen molar-refractivity contribution < 1.29 is 19.0 Å². The third-order valence-electron chi connectivity index (χ3n) is 2.49. The summed E-state index contributed by atoms with van der Waals surface area (Å²) in [6.45, 7) is 5.04. The molecule has 0 radical (unpaired) electrons. The highest BCUT2D eigenvalue weighted by atomic mass is 16.5. The van der Waals surface area contributed by atoms with Crippen molar-refractivity contribution in [3.05, 3.63) is 23.3 Å². The van der Waals surface area contributed by atoms with Crippen LogP contribution in [0, 0.1) is 6.92 Å². The number of esters is 1. The highest BCUT2D eigenvalue weighted by Gasteiger charge is 2.16. The maximum absolute atomic E-state index is 11.9.